The van der Waals surface area contributed by atoms with E-state index >= 15 is 0 Å². The van der Waals surface area contributed by atoms with E-state index in [0.29, 0.717) is 5.03 Å². The van der Waals surface area contributed by atoms with Crippen molar-refractivity contribution in [2.45, 2.75) is 6.23 Å². The molecule has 2 N–H and O–H groups in total. The lowest BCUT2D eigenvalue weighted by Crippen LogP contribution is -2.22. The van der Waals surface area contributed by atoms with Gasteiger partial charge in [-0.25, -0.2) is 0 Å². The quantitative estimate of drug-likeness (QED) is 0.531. The van der Waals surface area contributed by atoms with Crippen molar-refractivity contribution < 1.29 is 4.74 Å². The zero-order valence-electron chi connectivity index (χ0n) is 4.17. The number of allylic oxidation sites excluding steroid dienone is 2. The van der Waals surface area contributed by atoms with Gasteiger partial charge in [-0.15, -0.1) is 0 Å². The third kappa shape index (κ3) is 1.02. The van der Waals surface area contributed by atoms with Crippen LogP contribution in [-0.2, 0) is 4.74 Å². The molecular weight excluding hydrogens is 126 g/mol. The Balaban J connectivity index is 2.66. The average molecular weight is 132 g/mol. The normalized spacial score (nSPS) is 26.8. The molecule has 1 aliphatic rings. The predicted molar refractivity (Wildman–Crippen MR) is 32.1 cm³/mol. The molecule has 8 heavy (non-hydrogen) atoms. The van der Waals surface area contributed by atoms with Gasteiger partial charge in [0.05, 0.1) is 11.3 Å². The molecule has 0 amide bonds. The zero-order chi connectivity index (χ0) is 5.98. The third-order valence-corrected chi connectivity index (χ3v) is 1.17. The van der Waals surface area contributed by atoms with Crippen LogP contribution >= 0.6 is 11.6 Å². The molecule has 2 nitrogen and oxygen atoms in total. The lowest BCUT2D eigenvalue weighted by Gasteiger charge is -2.11. The summed E-state index contributed by atoms with van der Waals surface area (Å²) in [5.41, 5.74) is 5.30. The van der Waals surface area contributed by atoms with Crippen LogP contribution in [0.1, 0.15) is 0 Å². The predicted octanol–water partition coefficient (Wildman–Crippen LogP) is 0.938. The average Bonchev–Trinajstić information content (AvgIpc) is 1.77. The summed E-state index contributed by atoms with van der Waals surface area (Å²) in [5, 5.41) is 0.535. The summed E-state index contributed by atoms with van der Waals surface area (Å²) in [5.74, 6) is 0. The van der Waals surface area contributed by atoms with Gasteiger partial charge in [0.2, 0.25) is 0 Å². The maximum Gasteiger partial charge on any atom is 0.183 e. The highest BCUT2D eigenvalue weighted by atomic mass is 35.5. The monoisotopic (exact) mass is 131 g/mol. The van der Waals surface area contributed by atoms with E-state index in [4.69, 9.17) is 22.1 Å². The lowest BCUT2D eigenvalue weighted by atomic mass is 10.4. The summed E-state index contributed by atoms with van der Waals surface area (Å²) >= 11 is 5.53. The molecule has 0 saturated carbocycles. The van der Waals surface area contributed by atoms with Gasteiger partial charge in [0.25, 0.3) is 0 Å². The number of rotatable bonds is 0. The molecule has 0 aromatic rings. The van der Waals surface area contributed by atoms with Crippen LogP contribution in [0.4, 0.5) is 0 Å². The Hall–Kier alpha value is -0.470. The fourth-order valence-electron chi connectivity index (χ4n) is 0.421. The van der Waals surface area contributed by atoms with E-state index in [1.165, 1.54) is 6.26 Å². The Kier molecular flexibility index (Phi) is 1.56. The third-order valence-electron chi connectivity index (χ3n) is 0.831. The van der Waals surface area contributed by atoms with Crippen LogP contribution in [0.2, 0.25) is 0 Å². The Morgan fingerprint density at radius 1 is 1.75 bits per heavy atom. The Morgan fingerprint density at radius 3 is 2.88 bits per heavy atom. The molecule has 0 unspecified atom stereocenters. The first-order chi connectivity index (χ1) is 3.80. The minimum Gasteiger partial charge on any atom is -0.478 e. The van der Waals surface area contributed by atoms with E-state index in [0.717, 1.165) is 0 Å². The van der Waals surface area contributed by atoms with E-state index in [-0.39, 0.29) is 0 Å². The van der Waals surface area contributed by atoms with Crippen LogP contribution in [0.3, 0.4) is 0 Å². The van der Waals surface area contributed by atoms with E-state index in [1.54, 1.807) is 12.2 Å². The summed E-state index contributed by atoms with van der Waals surface area (Å²) in [4.78, 5) is 0. The largest absolute Gasteiger partial charge is 0.478 e. The van der Waals surface area contributed by atoms with Gasteiger partial charge in [-0.3, -0.25) is 5.73 Å². The summed E-state index contributed by atoms with van der Waals surface area (Å²) in [7, 11) is 0. The Morgan fingerprint density at radius 2 is 2.50 bits per heavy atom. The molecular formula is C5H6ClNO. The minimum atomic E-state index is -0.457. The maximum absolute atomic E-state index is 5.53. The molecule has 0 aromatic heterocycles. The molecule has 1 aliphatic heterocycles. The molecule has 0 bridgehead atoms. The zero-order valence-corrected chi connectivity index (χ0v) is 4.93. The van der Waals surface area contributed by atoms with Crippen LogP contribution in [0.5, 0.6) is 0 Å². The molecule has 1 rings (SSSR count). The Bertz CT molecular complexity index is 141. The van der Waals surface area contributed by atoms with Crippen molar-refractivity contribution in [3.63, 3.8) is 0 Å². The molecule has 0 aromatic carbocycles. The first-order valence-corrected chi connectivity index (χ1v) is 2.62. The number of halogens is 1. The van der Waals surface area contributed by atoms with Crippen molar-refractivity contribution >= 4 is 11.6 Å². The van der Waals surface area contributed by atoms with Gasteiger partial charge in [-0.2, -0.15) is 0 Å². The lowest BCUT2D eigenvalue weighted by molar-refractivity contribution is 0.185. The van der Waals surface area contributed by atoms with Crippen molar-refractivity contribution in [1.82, 2.24) is 0 Å². The van der Waals surface area contributed by atoms with Crippen LogP contribution in [-0.4, -0.2) is 6.23 Å². The molecule has 1 atom stereocenters. The summed E-state index contributed by atoms with van der Waals surface area (Å²) < 4.78 is 4.79. The van der Waals surface area contributed by atoms with Crippen molar-refractivity contribution in [2.75, 3.05) is 0 Å². The fourth-order valence-corrected chi connectivity index (χ4v) is 0.545. The maximum atomic E-state index is 5.53. The van der Waals surface area contributed by atoms with Crippen molar-refractivity contribution in [3.05, 3.63) is 23.4 Å². The van der Waals surface area contributed by atoms with Gasteiger partial charge in [0.15, 0.2) is 6.23 Å². The van der Waals surface area contributed by atoms with Gasteiger partial charge in [0.1, 0.15) is 0 Å². The molecule has 44 valence electrons. The van der Waals surface area contributed by atoms with E-state index in [1.807, 2.05) is 0 Å². The summed E-state index contributed by atoms with van der Waals surface area (Å²) in [6, 6.07) is 0. The number of ether oxygens (including phenoxy) is 1. The Labute approximate surface area is 52.6 Å². The molecule has 0 spiro atoms. The molecule has 1 heterocycles. The SMILES string of the molecule is N[C@H]1OC=CC=C1Cl. The molecule has 0 radical (unpaired) electrons. The fraction of sp³-hybridized carbons (Fsp3) is 0.200. The number of nitrogens with two attached hydrogens (primary N) is 1. The van der Waals surface area contributed by atoms with E-state index < -0.39 is 6.23 Å². The van der Waals surface area contributed by atoms with Gasteiger partial charge in [0, 0.05) is 0 Å². The van der Waals surface area contributed by atoms with Gasteiger partial charge in [-0.05, 0) is 12.2 Å². The summed E-state index contributed by atoms with van der Waals surface area (Å²) in [6.07, 6.45) is 4.46. The van der Waals surface area contributed by atoms with Crippen LogP contribution in [0.25, 0.3) is 0 Å². The van der Waals surface area contributed by atoms with E-state index in [9.17, 15) is 0 Å². The first-order valence-electron chi connectivity index (χ1n) is 2.24. The summed E-state index contributed by atoms with van der Waals surface area (Å²) in [6.45, 7) is 0. The van der Waals surface area contributed by atoms with Crippen LogP contribution in [0, 0.1) is 0 Å². The number of hydrogen-bond acceptors (Lipinski definition) is 2. The van der Waals surface area contributed by atoms with Gasteiger partial charge in [-0.1, -0.05) is 11.6 Å². The van der Waals surface area contributed by atoms with Crippen molar-refractivity contribution in [3.8, 4) is 0 Å². The highest BCUT2D eigenvalue weighted by molar-refractivity contribution is 6.30. The number of hydrogen-bond donors (Lipinski definition) is 1. The minimum absolute atomic E-state index is 0.457. The molecule has 3 heteroatoms. The van der Waals surface area contributed by atoms with Crippen molar-refractivity contribution in [1.29, 1.82) is 0 Å². The standard InChI is InChI=1S/C5H6ClNO/c6-4-2-1-3-8-5(4)7/h1-3,5H,7H2/t5-/m0/s1. The van der Waals surface area contributed by atoms with Gasteiger partial charge >= 0.3 is 0 Å². The topological polar surface area (TPSA) is 35.2 Å². The second kappa shape index (κ2) is 2.20. The van der Waals surface area contributed by atoms with Crippen molar-refractivity contribution in [2.24, 2.45) is 5.73 Å². The smallest absolute Gasteiger partial charge is 0.183 e. The first kappa shape index (κ1) is 5.66. The second-order valence-electron chi connectivity index (χ2n) is 1.44. The highest BCUT2D eigenvalue weighted by Crippen LogP contribution is 2.11. The highest BCUT2D eigenvalue weighted by Gasteiger charge is 2.06. The molecule has 0 fully saturated rings. The van der Waals surface area contributed by atoms with Crippen LogP contribution in [0.15, 0.2) is 23.4 Å². The van der Waals surface area contributed by atoms with Crippen LogP contribution < -0.4 is 5.73 Å². The van der Waals surface area contributed by atoms with E-state index in [2.05, 4.69) is 0 Å². The van der Waals surface area contributed by atoms with Gasteiger partial charge < -0.3 is 4.74 Å². The second-order valence-corrected chi connectivity index (χ2v) is 1.87. The molecule has 0 aliphatic carbocycles. The molecule has 0 saturated heterocycles.